The highest BCUT2D eigenvalue weighted by atomic mass is 32.2. The molecule has 2 heterocycles. The summed E-state index contributed by atoms with van der Waals surface area (Å²) in [4.78, 5) is 7.36. The molecule has 6 nitrogen and oxygen atoms in total. The first-order chi connectivity index (χ1) is 12.3. The lowest BCUT2D eigenvalue weighted by Gasteiger charge is -2.31. The van der Waals surface area contributed by atoms with Gasteiger partial charge in [-0.25, -0.2) is 31.6 Å². The Morgan fingerprint density at radius 1 is 1.15 bits per heavy atom. The largest absolute Gasteiger partial charge is 0.459 e. The molecule has 0 bridgehead atoms. The lowest BCUT2D eigenvalue weighted by molar-refractivity contribution is 0.118. The molecule has 1 saturated heterocycles. The van der Waals surface area contributed by atoms with Crippen molar-refractivity contribution < 1.29 is 26.3 Å². The van der Waals surface area contributed by atoms with E-state index in [0.29, 0.717) is 12.8 Å². The Hall–Kier alpha value is -2.20. The van der Waals surface area contributed by atoms with E-state index in [2.05, 4.69) is 9.97 Å². The highest BCUT2D eigenvalue weighted by molar-refractivity contribution is 7.88. The Morgan fingerprint density at radius 2 is 1.88 bits per heavy atom. The minimum absolute atomic E-state index is 0.0278. The van der Waals surface area contributed by atoms with Crippen molar-refractivity contribution in [2.45, 2.75) is 24.7 Å². The van der Waals surface area contributed by atoms with Crippen LogP contribution in [0.25, 0.3) is 0 Å². The summed E-state index contributed by atoms with van der Waals surface area (Å²) >= 11 is 0. The van der Waals surface area contributed by atoms with Crippen molar-refractivity contribution in [3.8, 4) is 6.01 Å². The third-order valence-electron chi connectivity index (χ3n) is 3.95. The SMILES string of the molecule is O=S(=O)(Cc1cc(F)ccc1F)N1CCC[C@H](Oc2ncc(F)cn2)C1. The summed E-state index contributed by atoms with van der Waals surface area (Å²) < 4.78 is 71.6. The second kappa shape index (κ2) is 7.58. The number of rotatable bonds is 5. The fourth-order valence-corrected chi connectivity index (χ4v) is 4.30. The molecule has 0 spiro atoms. The second-order valence-electron chi connectivity index (χ2n) is 5.92. The molecule has 26 heavy (non-hydrogen) atoms. The lowest BCUT2D eigenvalue weighted by Crippen LogP contribution is -2.45. The van der Waals surface area contributed by atoms with Crippen molar-refractivity contribution in [3.63, 3.8) is 0 Å². The normalized spacial score (nSPS) is 18.7. The molecule has 1 aliphatic heterocycles. The molecule has 3 rings (SSSR count). The summed E-state index contributed by atoms with van der Waals surface area (Å²) in [5.41, 5.74) is -0.227. The number of halogens is 3. The van der Waals surface area contributed by atoms with Gasteiger partial charge in [-0.15, -0.1) is 0 Å². The van der Waals surface area contributed by atoms with E-state index in [0.717, 1.165) is 30.6 Å². The van der Waals surface area contributed by atoms with Crippen LogP contribution in [-0.2, 0) is 15.8 Å². The average molecular weight is 387 g/mol. The first-order valence-corrected chi connectivity index (χ1v) is 9.50. The third-order valence-corrected chi connectivity index (χ3v) is 5.74. The predicted molar refractivity (Wildman–Crippen MR) is 86.2 cm³/mol. The van der Waals surface area contributed by atoms with Crippen LogP contribution < -0.4 is 4.74 Å². The van der Waals surface area contributed by atoms with E-state index >= 15 is 0 Å². The third kappa shape index (κ3) is 4.50. The van der Waals surface area contributed by atoms with E-state index in [-0.39, 0.29) is 24.7 Å². The zero-order chi connectivity index (χ0) is 18.7. The molecule has 0 aliphatic carbocycles. The number of piperidine rings is 1. The molecular weight excluding hydrogens is 371 g/mol. The van der Waals surface area contributed by atoms with Crippen LogP contribution in [0.5, 0.6) is 6.01 Å². The number of nitrogens with zero attached hydrogens (tertiary/aromatic N) is 3. The summed E-state index contributed by atoms with van der Waals surface area (Å²) in [5.74, 6) is -2.73. The molecule has 0 unspecified atom stereocenters. The Labute approximate surface area is 148 Å². The van der Waals surface area contributed by atoms with E-state index in [1.165, 1.54) is 4.31 Å². The molecular formula is C16H16F3N3O3S. The number of sulfonamides is 1. The Bertz CT molecular complexity index is 878. The summed E-state index contributed by atoms with van der Waals surface area (Å²) in [6.45, 7) is 0.281. The first-order valence-electron chi connectivity index (χ1n) is 7.89. The van der Waals surface area contributed by atoms with Gasteiger partial charge < -0.3 is 4.74 Å². The van der Waals surface area contributed by atoms with Crippen molar-refractivity contribution in [2.75, 3.05) is 13.1 Å². The average Bonchev–Trinajstić information content (AvgIpc) is 2.60. The topological polar surface area (TPSA) is 72.4 Å². The summed E-state index contributed by atoms with van der Waals surface area (Å²) in [5, 5.41) is 0. The van der Waals surface area contributed by atoms with Crippen LogP contribution in [0.1, 0.15) is 18.4 Å². The van der Waals surface area contributed by atoms with Crippen LogP contribution in [0, 0.1) is 17.5 Å². The van der Waals surface area contributed by atoms with Gasteiger partial charge in [-0.05, 0) is 31.0 Å². The molecule has 10 heteroatoms. The van der Waals surface area contributed by atoms with Gasteiger partial charge in [-0.2, -0.15) is 4.31 Å². The van der Waals surface area contributed by atoms with Gasteiger partial charge in [0.25, 0.3) is 0 Å². The zero-order valence-corrected chi connectivity index (χ0v) is 14.4. The van der Waals surface area contributed by atoms with Crippen molar-refractivity contribution in [1.29, 1.82) is 0 Å². The predicted octanol–water partition coefficient (Wildman–Crippen LogP) is 2.27. The Balaban J connectivity index is 1.69. The molecule has 0 amide bonds. The van der Waals surface area contributed by atoms with Gasteiger partial charge in [0.05, 0.1) is 24.7 Å². The lowest BCUT2D eigenvalue weighted by atomic mass is 10.1. The summed E-state index contributed by atoms with van der Waals surface area (Å²) in [6.07, 6.45) is 2.48. The number of ether oxygens (including phenoxy) is 1. The van der Waals surface area contributed by atoms with Crippen LogP contribution in [0.3, 0.4) is 0 Å². The molecule has 140 valence electrons. The van der Waals surface area contributed by atoms with Gasteiger partial charge in [-0.1, -0.05) is 0 Å². The van der Waals surface area contributed by atoms with Crippen molar-refractivity contribution in [3.05, 3.63) is 53.6 Å². The van der Waals surface area contributed by atoms with Gasteiger partial charge in [0, 0.05) is 12.1 Å². The molecule has 1 aromatic heterocycles. The minimum Gasteiger partial charge on any atom is -0.459 e. The monoisotopic (exact) mass is 387 g/mol. The summed E-state index contributed by atoms with van der Waals surface area (Å²) in [7, 11) is -3.86. The number of hydrogen-bond donors (Lipinski definition) is 0. The maximum Gasteiger partial charge on any atom is 0.316 e. The highest BCUT2D eigenvalue weighted by Gasteiger charge is 2.31. The standard InChI is InChI=1S/C16H16F3N3O3S/c17-12-3-4-15(19)11(6-12)10-26(23,24)22-5-1-2-14(9-22)25-16-20-7-13(18)8-21-16/h3-4,6-8,14H,1-2,5,9-10H2/t14-/m0/s1. The van der Waals surface area contributed by atoms with E-state index in [9.17, 15) is 21.6 Å². The molecule has 0 N–H and O–H groups in total. The smallest absolute Gasteiger partial charge is 0.316 e. The van der Waals surface area contributed by atoms with Crippen LogP contribution in [0.15, 0.2) is 30.6 Å². The van der Waals surface area contributed by atoms with Crippen LogP contribution in [0.4, 0.5) is 13.2 Å². The first kappa shape index (κ1) is 18.6. The Morgan fingerprint density at radius 3 is 2.62 bits per heavy atom. The second-order valence-corrected chi connectivity index (χ2v) is 7.88. The Kier molecular flexibility index (Phi) is 5.42. The molecule has 1 aromatic carbocycles. The van der Waals surface area contributed by atoms with E-state index in [1.807, 2.05) is 0 Å². The van der Waals surface area contributed by atoms with Gasteiger partial charge in [0.1, 0.15) is 17.7 Å². The van der Waals surface area contributed by atoms with Crippen molar-refractivity contribution in [2.24, 2.45) is 0 Å². The van der Waals surface area contributed by atoms with Crippen LogP contribution in [-0.4, -0.2) is 41.9 Å². The maximum atomic E-state index is 13.7. The molecule has 0 radical (unpaired) electrons. The molecule has 1 aliphatic rings. The molecule has 2 aromatic rings. The van der Waals surface area contributed by atoms with Crippen LogP contribution in [0.2, 0.25) is 0 Å². The van der Waals surface area contributed by atoms with E-state index in [1.54, 1.807) is 0 Å². The molecule has 0 saturated carbocycles. The number of benzene rings is 1. The van der Waals surface area contributed by atoms with E-state index < -0.39 is 39.3 Å². The number of hydrogen-bond acceptors (Lipinski definition) is 5. The summed E-state index contributed by atoms with van der Waals surface area (Å²) in [6, 6.07) is 2.65. The van der Waals surface area contributed by atoms with Crippen LogP contribution >= 0.6 is 0 Å². The highest BCUT2D eigenvalue weighted by Crippen LogP contribution is 2.21. The fraction of sp³-hybridized carbons (Fsp3) is 0.375. The van der Waals surface area contributed by atoms with Crippen molar-refractivity contribution in [1.82, 2.24) is 14.3 Å². The van der Waals surface area contributed by atoms with Gasteiger partial charge in [0.15, 0.2) is 5.82 Å². The molecule has 1 atom stereocenters. The van der Waals surface area contributed by atoms with Gasteiger partial charge >= 0.3 is 6.01 Å². The maximum absolute atomic E-state index is 13.7. The zero-order valence-electron chi connectivity index (χ0n) is 13.6. The fourth-order valence-electron chi connectivity index (χ4n) is 2.71. The van der Waals surface area contributed by atoms with Gasteiger partial charge in [-0.3, -0.25) is 0 Å². The van der Waals surface area contributed by atoms with Crippen molar-refractivity contribution >= 4 is 10.0 Å². The quantitative estimate of drug-likeness (QED) is 0.787. The van der Waals surface area contributed by atoms with E-state index in [4.69, 9.17) is 4.74 Å². The molecule has 1 fully saturated rings. The van der Waals surface area contributed by atoms with Gasteiger partial charge in [0.2, 0.25) is 10.0 Å². The number of aromatic nitrogens is 2. The minimum atomic E-state index is -3.86.